The van der Waals surface area contributed by atoms with Crippen LogP contribution in [0.3, 0.4) is 0 Å². The van der Waals surface area contributed by atoms with Crippen LogP contribution in [-0.2, 0) is 6.54 Å². The Morgan fingerprint density at radius 1 is 1.00 bits per heavy atom. The van der Waals surface area contributed by atoms with E-state index in [0.29, 0.717) is 0 Å². The topological polar surface area (TPSA) is 18.5 Å². The summed E-state index contributed by atoms with van der Waals surface area (Å²) in [5.74, 6) is 0. The lowest BCUT2D eigenvalue weighted by atomic mass is 10.3. The van der Waals surface area contributed by atoms with Crippen molar-refractivity contribution in [3.8, 4) is 0 Å². The van der Waals surface area contributed by atoms with Crippen LogP contribution >= 0.6 is 11.3 Å². The zero-order valence-corrected chi connectivity index (χ0v) is 15.1. The van der Waals surface area contributed by atoms with E-state index < -0.39 is 0 Å². The Morgan fingerprint density at radius 3 is 2.24 bits per heavy atom. The van der Waals surface area contributed by atoms with E-state index >= 15 is 0 Å². The molecule has 1 N–H and O–H groups in total. The third-order valence-electron chi connectivity index (χ3n) is 4.15. The van der Waals surface area contributed by atoms with Gasteiger partial charge in [-0.15, -0.1) is 11.3 Å². The summed E-state index contributed by atoms with van der Waals surface area (Å²) < 4.78 is 0. The molecule has 0 fully saturated rings. The molecule has 4 heteroatoms. The van der Waals surface area contributed by atoms with Crippen LogP contribution in [-0.4, -0.2) is 55.6 Å². The number of hydrogen-bond donors (Lipinski definition) is 1. The molecule has 0 unspecified atom stereocenters. The van der Waals surface area contributed by atoms with Crippen molar-refractivity contribution in [3.63, 3.8) is 0 Å². The van der Waals surface area contributed by atoms with Crippen molar-refractivity contribution < 1.29 is 0 Å². The summed E-state index contributed by atoms with van der Waals surface area (Å²) in [6, 6.07) is 2.20. The summed E-state index contributed by atoms with van der Waals surface area (Å²) in [4.78, 5) is 6.53. The van der Waals surface area contributed by atoms with Gasteiger partial charge in [0.1, 0.15) is 0 Å². The van der Waals surface area contributed by atoms with Crippen LogP contribution in [0.5, 0.6) is 0 Å². The number of likely N-dealkylation sites (N-methyl/N-ethyl adjacent to an activating group) is 1. The summed E-state index contributed by atoms with van der Waals surface area (Å²) in [5.41, 5.74) is 1.42. The van der Waals surface area contributed by atoms with Gasteiger partial charge in [-0.1, -0.05) is 20.8 Å². The first kappa shape index (κ1) is 18.6. The minimum Gasteiger partial charge on any atom is -0.311 e. The standard InChI is InChI=1S/C17H33N3S/c1-5-19(6-2)11-8-12-20(7-3)13-10-18-15-17-16(4)9-14-21-17/h9,14,18H,5-8,10-13,15H2,1-4H3. The van der Waals surface area contributed by atoms with E-state index in [1.54, 1.807) is 0 Å². The van der Waals surface area contributed by atoms with Gasteiger partial charge in [0, 0.05) is 24.5 Å². The summed E-state index contributed by atoms with van der Waals surface area (Å²) in [7, 11) is 0. The van der Waals surface area contributed by atoms with Crippen LogP contribution in [0, 0.1) is 6.92 Å². The number of rotatable bonds is 12. The monoisotopic (exact) mass is 311 g/mol. The molecule has 0 amide bonds. The number of thiophene rings is 1. The molecule has 0 aliphatic rings. The summed E-state index contributed by atoms with van der Waals surface area (Å²) in [6.45, 7) is 18.1. The van der Waals surface area contributed by atoms with Gasteiger partial charge < -0.3 is 15.1 Å². The zero-order valence-electron chi connectivity index (χ0n) is 14.3. The van der Waals surface area contributed by atoms with Crippen molar-refractivity contribution in [2.75, 3.05) is 45.8 Å². The average Bonchev–Trinajstić information content (AvgIpc) is 2.91. The minimum atomic E-state index is 1.01. The van der Waals surface area contributed by atoms with Gasteiger partial charge in [-0.05, 0) is 63.1 Å². The van der Waals surface area contributed by atoms with E-state index in [1.807, 2.05) is 11.3 Å². The molecule has 0 radical (unpaired) electrons. The maximum Gasteiger partial charge on any atom is 0.0302 e. The quantitative estimate of drug-likeness (QED) is 0.598. The molecule has 21 heavy (non-hydrogen) atoms. The lowest BCUT2D eigenvalue weighted by Crippen LogP contribution is -2.34. The molecule has 0 saturated heterocycles. The maximum atomic E-state index is 3.57. The average molecular weight is 312 g/mol. The Labute approximate surface area is 135 Å². The van der Waals surface area contributed by atoms with Gasteiger partial charge in [-0.3, -0.25) is 0 Å². The number of nitrogens with zero attached hydrogens (tertiary/aromatic N) is 2. The molecule has 1 aromatic rings. The first-order chi connectivity index (χ1) is 10.2. The van der Waals surface area contributed by atoms with Gasteiger partial charge in [0.2, 0.25) is 0 Å². The largest absolute Gasteiger partial charge is 0.311 e. The second-order valence-electron chi connectivity index (χ2n) is 5.52. The first-order valence-corrected chi connectivity index (χ1v) is 9.27. The predicted octanol–water partition coefficient (Wildman–Crippen LogP) is 3.20. The van der Waals surface area contributed by atoms with Crippen LogP contribution in [0.1, 0.15) is 37.6 Å². The Hall–Kier alpha value is -0.420. The third-order valence-corrected chi connectivity index (χ3v) is 5.17. The molecule has 1 heterocycles. The molecule has 0 saturated carbocycles. The van der Waals surface area contributed by atoms with Gasteiger partial charge in [0.05, 0.1) is 0 Å². The van der Waals surface area contributed by atoms with Crippen molar-refractivity contribution in [1.82, 2.24) is 15.1 Å². The van der Waals surface area contributed by atoms with Crippen molar-refractivity contribution in [3.05, 3.63) is 21.9 Å². The molecule has 0 bridgehead atoms. The number of aryl methyl sites for hydroxylation is 1. The normalized spacial score (nSPS) is 11.7. The molecule has 0 aliphatic heterocycles. The Kier molecular flexibility index (Phi) is 9.92. The van der Waals surface area contributed by atoms with Gasteiger partial charge >= 0.3 is 0 Å². The lowest BCUT2D eigenvalue weighted by Gasteiger charge is -2.23. The predicted molar refractivity (Wildman–Crippen MR) is 95.3 cm³/mol. The highest BCUT2D eigenvalue weighted by molar-refractivity contribution is 7.10. The van der Waals surface area contributed by atoms with E-state index in [1.165, 1.54) is 43.0 Å². The Balaban J connectivity index is 2.12. The highest BCUT2D eigenvalue weighted by atomic mass is 32.1. The lowest BCUT2D eigenvalue weighted by molar-refractivity contribution is 0.243. The van der Waals surface area contributed by atoms with E-state index in [-0.39, 0.29) is 0 Å². The van der Waals surface area contributed by atoms with Crippen LogP contribution in [0.2, 0.25) is 0 Å². The Bertz CT molecular complexity index is 361. The zero-order chi connectivity index (χ0) is 15.5. The summed E-state index contributed by atoms with van der Waals surface area (Å²) in [6.07, 6.45) is 1.28. The fourth-order valence-electron chi connectivity index (χ4n) is 2.51. The van der Waals surface area contributed by atoms with Crippen molar-refractivity contribution in [1.29, 1.82) is 0 Å². The number of hydrogen-bond acceptors (Lipinski definition) is 4. The minimum absolute atomic E-state index is 1.01. The van der Waals surface area contributed by atoms with Crippen molar-refractivity contribution >= 4 is 11.3 Å². The van der Waals surface area contributed by atoms with Gasteiger partial charge in [-0.25, -0.2) is 0 Å². The fraction of sp³-hybridized carbons (Fsp3) is 0.765. The molecular formula is C17H33N3S. The molecule has 0 spiro atoms. The second kappa shape index (κ2) is 11.2. The van der Waals surface area contributed by atoms with Crippen LogP contribution in [0.4, 0.5) is 0 Å². The van der Waals surface area contributed by atoms with Crippen LogP contribution in [0.25, 0.3) is 0 Å². The van der Waals surface area contributed by atoms with E-state index in [4.69, 9.17) is 0 Å². The SMILES string of the molecule is CCN(CC)CCCN(CC)CCNCc1sccc1C. The summed E-state index contributed by atoms with van der Waals surface area (Å²) in [5, 5.41) is 5.75. The van der Waals surface area contributed by atoms with Crippen LogP contribution < -0.4 is 5.32 Å². The molecule has 0 aromatic carbocycles. The van der Waals surface area contributed by atoms with Gasteiger partial charge in [-0.2, -0.15) is 0 Å². The van der Waals surface area contributed by atoms with E-state index in [2.05, 4.69) is 54.3 Å². The molecule has 1 rings (SSSR count). The van der Waals surface area contributed by atoms with Crippen molar-refractivity contribution in [2.45, 2.75) is 40.7 Å². The highest BCUT2D eigenvalue weighted by Gasteiger charge is 2.04. The second-order valence-corrected chi connectivity index (χ2v) is 6.52. The molecular weight excluding hydrogens is 278 g/mol. The summed E-state index contributed by atoms with van der Waals surface area (Å²) >= 11 is 1.85. The van der Waals surface area contributed by atoms with E-state index in [0.717, 1.165) is 26.2 Å². The first-order valence-electron chi connectivity index (χ1n) is 8.39. The third kappa shape index (κ3) is 7.41. The van der Waals surface area contributed by atoms with Gasteiger partial charge in [0.25, 0.3) is 0 Å². The van der Waals surface area contributed by atoms with E-state index in [9.17, 15) is 0 Å². The Morgan fingerprint density at radius 2 is 1.67 bits per heavy atom. The molecule has 1 aromatic heterocycles. The van der Waals surface area contributed by atoms with Gasteiger partial charge in [0.15, 0.2) is 0 Å². The maximum absolute atomic E-state index is 3.57. The smallest absolute Gasteiger partial charge is 0.0302 e. The highest BCUT2D eigenvalue weighted by Crippen LogP contribution is 2.14. The molecule has 122 valence electrons. The van der Waals surface area contributed by atoms with Crippen molar-refractivity contribution in [2.24, 2.45) is 0 Å². The fourth-order valence-corrected chi connectivity index (χ4v) is 3.39. The number of nitrogens with one attached hydrogen (secondary N) is 1. The molecule has 0 atom stereocenters. The van der Waals surface area contributed by atoms with Crippen LogP contribution in [0.15, 0.2) is 11.4 Å². The molecule has 0 aliphatic carbocycles. The molecule has 3 nitrogen and oxygen atoms in total.